The van der Waals surface area contributed by atoms with Crippen LogP contribution in [0.4, 0.5) is 0 Å². The van der Waals surface area contributed by atoms with Gasteiger partial charge in [-0.15, -0.1) is 0 Å². The van der Waals surface area contributed by atoms with Gasteiger partial charge in [-0.2, -0.15) is 0 Å². The topological polar surface area (TPSA) is 15.6 Å². The Balaban J connectivity index is 0. The molecule has 1 aliphatic rings. The Labute approximate surface area is 82.7 Å². The first kappa shape index (κ1) is 14.5. The summed E-state index contributed by atoms with van der Waals surface area (Å²) in [4.78, 5) is 6.08. The van der Waals surface area contributed by atoms with Crippen molar-refractivity contribution in [3.8, 4) is 0 Å². The molecule has 13 heavy (non-hydrogen) atoms. The van der Waals surface area contributed by atoms with Gasteiger partial charge in [-0.25, -0.2) is 4.99 Å². The number of nitrogens with zero attached hydrogens (tertiary/aromatic N) is 2. The van der Waals surface area contributed by atoms with Crippen molar-refractivity contribution in [1.29, 1.82) is 0 Å². The fourth-order valence-electron chi connectivity index (χ4n) is 0.578. The fraction of sp³-hybridized carbons (Fsp3) is 0.545. The third-order valence-electron chi connectivity index (χ3n) is 1.28. The zero-order chi connectivity index (χ0) is 10.7. The predicted octanol–water partition coefficient (Wildman–Crippen LogP) is 3.43. The molecular formula is C11H22N2. The van der Waals surface area contributed by atoms with Crippen LogP contribution in [0.3, 0.4) is 0 Å². The van der Waals surface area contributed by atoms with Crippen LogP contribution in [-0.2, 0) is 0 Å². The first-order chi connectivity index (χ1) is 6.30. The van der Waals surface area contributed by atoms with Gasteiger partial charge in [0.15, 0.2) is 0 Å². The van der Waals surface area contributed by atoms with Gasteiger partial charge in [0.1, 0.15) is 5.84 Å². The molecular weight excluding hydrogens is 160 g/mol. The monoisotopic (exact) mass is 182 g/mol. The molecule has 0 saturated carbocycles. The fourth-order valence-corrected chi connectivity index (χ4v) is 0.578. The van der Waals surface area contributed by atoms with E-state index in [9.17, 15) is 0 Å². The minimum Gasteiger partial charge on any atom is -0.340 e. The van der Waals surface area contributed by atoms with E-state index in [-0.39, 0.29) is 0 Å². The lowest BCUT2D eigenvalue weighted by molar-refractivity contribution is 0.685. The molecule has 0 spiro atoms. The number of hydrogen-bond acceptors (Lipinski definition) is 2. The van der Waals surface area contributed by atoms with E-state index in [1.807, 2.05) is 64.9 Å². The van der Waals surface area contributed by atoms with Crippen LogP contribution < -0.4 is 0 Å². The van der Waals surface area contributed by atoms with E-state index in [2.05, 4.69) is 4.99 Å². The van der Waals surface area contributed by atoms with Gasteiger partial charge in [0.2, 0.25) is 0 Å². The third kappa shape index (κ3) is 7.32. The van der Waals surface area contributed by atoms with Crippen LogP contribution in [0.2, 0.25) is 0 Å². The molecule has 76 valence electrons. The van der Waals surface area contributed by atoms with E-state index in [1.54, 1.807) is 6.20 Å². The second-order valence-electron chi connectivity index (χ2n) is 1.97. The van der Waals surface area contributed by atoms with Crippen molar-refractivity contribution in [3.05, 3.63) is 24.6 Å². The van der Waals surface area contributed by atoms with Crippen LogP contribution in [0.25, 0.3) is 0 Å². The summed E-state index contributed by atoms with van der Waals surface area (Å²) < 4.78 is 0. The van der Waals surface area contributed by atoms with Gasteiger partial charge in [0.05, 0.1) is 0 Å². The summed E-state index contributed by atoms with van der Waals surface area (Å²) in [5.74, 6) is 1.01. The van der Waals surface area contributed by atoms with Gasteiger partial charge < -0.3 is 4.90 Å². The molecule has 1 aliphatic heterocycles. The van der Waals surface area contributed by atoms with Crippen molar-refractivity contribution in [2.24, 2.45) is 4.99 Å². The Morgan fingerprint density at radius 2 is 1.62 bits per heavy atom. The van der Waals surface area contributed by atoms with Crippen molar-refractivity contribution < 1.29 is 0 Å². The van der Waals surface area contributed by atoms with Crippen LogP contribution in [-0.4, -0.2) is 17.8 Å². The summed E-state index contributed by atoms with van der Waals surface area (Å²) in [5.41, 5.74) is 0. The molecule has 0 bridgehead atoms. The van der Waals surface area contributed by atoms with Crippen LogP contribution in [0.5, 0.6) is 0 Å². The zero-order valence-electron chi connectivity index (χ0n) is 9.70. The largest absolute Gasteiger partial charge is 0.340 e. The number of aliphatic imine (C=N–C) groups is 1. The van der Waals surface area contributed by atoms with Gasteiger partial charge in [0.25, 0.3) is 0 Å². The number of rotatable bonds is 0. The molecule has 0 N–H and O–H groups in total. The van der Waals surface area contributed by atoms with Crippen molar-refractivity contribution in [2.75, 3.05) is 7.05 Å². The summed E-state index contributed by atoms with van der Waals surface area (Å²) in [6.07, 6.45) is 7.63. The lowest BCUT2D eigenvalue weighted by atomic mass is 10.5. The molecule has 0 radical (unpaired) electrons. The van der Waals surface area contributed by atoms with Crippen LogP contribution in [0, 0.1) is 0 Å². The van der Waals surface area contributed by atoms with E-state index < -0.39 is 0 Å². The lowest BCUT2D eigenvalue weighted by Gasteiger charge is -2.09. The highest BCUT2D eigenvalue weighted by molar-refractivity contribution is 5.81. The molecule has 1 heterocycles. The highest BCUT2D eigenvalue weighted by Gasteiger charge is 1.93. The minimum atomic E-state index is 1.01. The highest BCUT2D eigenvalue weighted by Crippen LogP contribution is 1.94. The molecule has 0 aromatic carbocycles. The van der Waals surface area contributed by atoms with Crippen LogP contribution in [0.1, 0.15) is 34.6 Å². The molecule has 2 nitrogen and oxygen atoms in total. The molecule has 1 rings (SSSR count). The molecule has 0 atom stereocenters. The van der Waals surface area contributed by atoms with E-state index >= 15 is 0 Å². The number of hydrogen-bond donors (Lipinski definition) is 0. The molecule has 0 amide bonds. The first-order valence-corrected chi connectivity index (χ1v) is 4.91. The average Bonchev–Trinajstić information content (AvgIpc) is 2.39. The summed E-state index contributed by atoms with van der Waals surface area (Å²) in [6, 6.07) is 0. The average molecular weight is 182 g/mol. The van der Waals surface area contributed by atoms with Gasteiger partial charge >= 0.3 is 0 Å². The Morgan fingerprint density at radius 3 is 2.15 bits per heavy atom. The molecule has 0 aromatic rings. The molecule has 0 aromatic heterocycles. The van der Waals surface area contributed by atoms with Gasteiger partial charge in [-0.3, -0.25) is 0 Å². The Bertz CT molecular complexity index is 179. The number of allylic oxidation sites excluding steroid dienone is 2. The summed E-state index contributed by atoms with van der Waals surface area (Å²) >= 11 is 0. The van der Waals surface area contributed by atoms with Gasteiger partial charge in [-0.1, -0.05) is 27.7 Å². The SMILES string of the molecule is CC.CC.CC1=NC=CC=CN1C. The maximum Gasteiger partial charge on any atom is 0.105 e. The van der Waals surface area contributed by atoms with Crippen LogP contribution in [0.15, 0.2) is 29.5 Å². The van der Waals surface area contributed by atoms with E-state index in [0.717, 1.165) is 5.84 Å². The quantitative estimate of drug-likeness (QED) is 0.560. The Hall–Kier alpha value is -1.05. The summed E-state index contributed by atoms with van der Waals surface area (Å²) in [5, 5.41) is 0. The second kappa shape index (κ2) is 11.0. The van der Waals surface area contributed by atoms with E-state index in [0.29, 0.717) is 0 Å². The molecule has 0 saturated heterocycles. The van der Waals surface area contributed by atoms with Crippen LogP contribution >= 0.6 is 0 Å². The summed E-state index contributed by atoms with van der Waals surface area (Å²) in [6.45, 7) is 9.97. The molecule has 0 aliphatic carbocycles. The van der Waals surface area contributed by atoms with E-state index in [4.69, 9.17) is 0 Å². The third-order valence-corrected chi connectivity index (χ3v) is 1.28. The van der Waals surface area contributed by atoms with Gasteiger partial charge in [0, 0.05) is 19.4 Å². The maximum absolute atomic E-state index is 4.10. The molecule has 0 fully saturated rings. The second-order valence-corrected chi connectivity index (χ2v) is 1.97. The smallest absolute Gasteiger partial charge is 0.105 e. The molecule has 0 unspecified atom stereocenters. The Kier molecular flexibility index (Phi) is 12.2. The zero-order valence-corrected chi connectivity index (χ0v) is 9.70. The standard InChI is InChI=1S/C7H10N2.2C2H6/c1-7-8-5-3-4-6-9(7)2;2*1-2/h3-6H,1-2H3;2*1-2H3. The van der Waals surface area contributed by atoms with E-state index in [1.165, 1.54) is 0 Å². The number of amidine groups is 1. The van der Waals surface area contributed by atoms with Gasteiger partial charge in [-0.05, 0) is 19.1 Å². The normalized spacial score (nSPS) is 13.1. The lowest BCUT2D eigenvalue weighted by Crippen LogP contribution is -2.16. The van der Waals surface area contributed by atoms with Crippen molar-refractivity contribution in [2.45, 2.75) is 34.6 Å². The first-order valence-electron chi connectivity index (χ1n) is 4.91. The highest BCUT2D eigenvalue weighted by atomic mass is 15.1. The van der Waals surface area contributed by atoms with Crippen molar-refractivity contribution >= 4 is 5.84 Å². The molecule has 2 heteroatoms. The van der Waals surface area contributed by atoms with Crippen molar-refractivity contribution in [3.63, 3.8) is 0 Å². The maximum atomic E-state index is 4.10. The Morgan fingerprint density at radius 1 is 1.08 bits per heavy atom. The predicted molar refractivity (Wildman–Crippen MR) is 61.8 cm³/mol. The minimum absolute atomic E-state index is 1.01. The van der Waals surface area contributed by atoms with Crippen molar-refractivity contribution in [1.82, 2.24) is 4.90 Å². The summed E-state index contributed by atoms with van der Waals surface area (Å²) in [7, 11) is 1.97.